The van der Waals surface area contributed by atoms with E-state index in [0.29, 0.717) is 12.2 Å². The summed E-state index contributed by atoms with van der Waals surface area (Å²) in [5.41, 5.74) is 8.17. The number of hydrogen-bond acceptors (Lipinski definition) is 3. The number of carbonyl (C=O) groups is 1. The fourth-order valence-corrected chi connectivity index (χ4v) is 2.17. The highest BCUT2D eigenvalue weighted by Crippen LogP contribution is 2.30. The van der Waals surface area contributed by atoms with Crippen LogP contribution >= 0.6 is 0 Å². The molecule has 0 aromatic heterocycles. The van der Waals surface area contributed by atoms with Gasteiger partial charge in [0.1, 0.15) is 6.10 Å². The second-order valence-corrected chi connectivity index (χ2v) is 4.49. The third kappa shape index (κ3) is 2.25. The first-order valence-corrected chi connectivity index (χ1v) is 6.13. The van der Waals surface area contributed by atoms with Crippen molar-refractivity contribution in [2.45, 2.75) is 6.10 Å². The third-order valence-electron chi connectivity index (χ3n) is 3.19. The molecule has 1 saturated heterocycles. The highest BCUT2D eigenvalue weighted by Gasteiger charge is 2.33. The van der Waals surface area contributed by atoms with Crippen LogP contribution in [0.5, 0.6) is 0 Å². The molecule has 4 nitrogen and oxygen atoms in total. The van der Waals surface area contributed by atoms with Gasteiger partial charge in [-0.2, -0.15) is 0 Å². The van der Waals surface area contributed by atoms with Gasteiger partial charge < -0.3 is 10.5 Å². The number of rotatable bonds is 2. The van der Waals surface area contributed by atoms with Crippen LogP contribution in [0.25, 0.3) is 0 Å². The van der Waals surface area contributed by atoms with Gasteiger partial charge in [0.15, 0.2) is 0 Å². The van der Waals surface area contributed by atoms with Gasteiger partial charge in [-0.3, -0.25) is 4.90 Å². The monoisotopic (exact) mass is 254 g/mol. The van der Waals surface area contributed by atoms with E-state index in [1.165, 1.54) is 0 Å². The van der Waals surface area contributed by atoms with Crippen LogP contribution in [0, 0.1) is 0 Å². The van der Waals surface area contributed by atoms with E-state index >= 15 is 0 Å². The largest absolute Gasteiger partial charge is 0.439 e. The Morgan fingerprint density at radius 1 is 1.05 bits per heavy atom. The maximum atomic E-state index is 11.9. The predicted octanol–water partition coefficient (Wildman–Crippen LogP) is 2.97. The maximum absolute atomic E-state index is 11.9. The Morgan fingerprint density at radius 2 is 1.74 bits per heavy atom. The first-order chi connectivity index (χ1) is 9.24. The molecule has 1 unspecified atom stereocenters. The topological polar surface area (TPSA) is 55.6 Å². The minimum atomic E-state index is -0.312. The first-order valence-electron chi connectivity index (χ1n) is 6.13. The van der Waals surface area contributed by atoms with Crippen LogP contribution < -0.4 is 10.6 Å². The Kier molecular flexibility index (Phi) is 2.83. The average Bonchev–Trinajstić information content (AvgIpc) is 2.83. The zero-order valence-corrected chi connectivity index (χ0v) is 10.3. The van der Waals surface area contributed by atoms with Gasteiger partial charge in [-0.25, -0.2) is 4.79 Å². The summed E-state index contributed by atoms with van der Waals surface area (Å²) in [6, 6.07) is 16.9. The summed E-state index contributed by atoms with van der Waals surface area (Å²) < 4.78 is 5.40. The zero-order chi connectivity index (χ0) is 13.2. The Hall–Kier alpha value is -2.49. The maximum Gasteiger partial charge on any atom is 0.415 e. The molecular weight excluding hydrogens is 240 g/mol. The second-order valence-electron chi connectivity index (χ2n) is 4.49. The summed E-state index contributed by atoms with van der Waals surface area (Å²) >= 11 is 0. The van der Waals surface area contributed by atoms with Crippen LogP contribution in [0.3, 0.4) is 0 Å². The molecule has 3 rings (SSSR count). The van der Waals surface area contributed by atoms with Gasteiger partial charge in [-0.15, -0.1) is 0 Å². The second kappa shape index (κ2) is 4.65. The highest BCUT2D eigenvalue weighted by atomic mass is 16.6. The molecule has 4 heteroatoms. The minimum absolute atomic E-state index is 0.242. The molecule has 1 aliphatic rings. The number of nitrogens with zero attached hydrogens (tertiary/aromatic N) is 1. The van der Waals surface area contributed by atoms with Crippen LogP contribution in [0.4, 0.5) is 16.2 Å². The average molecular weight is 254 g/mol. The Morgan fingerprint density at radius 3 is 2.42 bits per heavy atom. The molecular formula is C15H14N2O2. The molecule has 2 aromatic rings. The smallest absolute Gasteiger partial charge is 0.415 e. The lowest BCUT2D eigenvalue weighted by atomic mass is 10.1. The van der Waals surface area contributed by atoms with E-state index in [2.05, 4.69) is 0 Å². The van der Waals surface area contributed by atoms with Gasteiger partial charge in [0.05, 0.1) is 6.54 Å². The normalized spacial score (nSPS) is 18.4. The van der Waals surface area contributed by atoms with Crippen molar-refractivity contribution in [2.24, 2.45) is 0 Å². The minimum Gasteiger partial charge on any atom is -0.439 e. The van der Waals surface area contributed by atoms with Crippen LogP contribution in [0.15, 0.2) is 54.6 Å². The van der Waals surface area contributed by atoms with E-state index < -0.39 is 0 Å². The number of ether oxygens (including phenoxy) is 1. The van der Waals surface area contributed by atoms with Crippen molar-refractivity contribution < 1.29 is 9.53 Å². The predicted molar refractivity (Wildman–Crippen MR) is 73.9 cm³/mol. The van der Waals surface area contributed by atoms with Crippen molar-refractivity contribution in [3.63, 3.8) is 0 Å². The van der Waals surface area contributed by atoms with Gasteiger partial charge >= 0.3 is 6.09 Å². The fraction of sp³-hybridized carbons (Fsp3) is 0.133. The molecule has 0 saturated carbocycles. The summed E-state index contributed by atoms with van der Waals surface area (Å²) in [7, 11) is 0. The van der Waals surface area contributed by atoms with E-state index in [-0.39, 0.29) is 12.2 Å². The number of para-hydroxylation sites is 1. The molecule has 1 amide bonds. The molecule has 0 aliphatic carbocycles. The molecule has 1 fully saturated rings. The zero-order valence-electron chi connectivity index (χ0n) is 10.3. The molecule has 96 valence electrons. The summed E-state index contributed by atoms with van der Waals surface area (Å²) in [5, 5.41) is 0. The number of nitrogen functional groups attached to an aromatic ring is 1. The number of carbonyl (C=O) groups excluding carboxylic acids is 1. The van der Waals surface area contributed by atoms with E-state index in [4.69, 9.17) is 10.5 Å². The number of amides is 1. The van der Waals surface area contributed by atoms with Crippen molar-refractivity contribution in [1.29, 1.82) is 0 Å². The third-order valence-corrected chi connectivity index (χ3v) is 3.19. The molecule has 0 bridgehead atoms. The lowest BCUT2D eigenvalue weighted by Crippen LogP contribution is -2.23. The standard InChI is InChI=1S/C15H14N2O2/c16-12-8-6-11(7-9-12)14-10-17(15(18)19-14)13-4-2-1-3-5-13/h1-9,14H,10,16H2. The molecule has 19 heavy (non-hydrogen) atoms. The van der Waals surface area contributed by atoms with E-state index in [1.807, 2.05) is 54.6 Å². The summed E-state index contributed by atoms with van der Waals surface area (Å²) in [6.45, 7) is 0.521. The quantitative estimate of drug-likeness (QED) is 0.838. The molecule has 1 heterocycles. The van der Waals surface area contributed by atoms with Crippen LogP contribution in [-0.2, 0) is 4.74 Å². The van der Waals surface area contributed by atoms with Gasteiger partial charge in [-0.1, -0.05) is 30.3 Å². The lowest BCUT2D eigenvalue weighted by Gasteiger charge is -2.12. The lowest BCUT2D eigenvalue weighted by molar-refractivity contribution is 0.142. The number of benzene rings is 2. The van der Waals surface area contributed by atoms with Crippen LogP contribution in [0.1, 0.15) is 11.7 Å². The number of hydrogen-bond donors (Lipinski definition) is 1. The Labute approximate surface area is 111 Å². The number of anilines is 2. The number of nitrogens with two attached hydrogens (primary N) is 1. The van der Waals surface area contributed by atoms with Crippen LogP contribution in [-0.4, -0.2) is 12.6 Å². The summed E-state index contributed by atoms with van der Waals surface area (Å²) in [4.78, 5) is 13.5. The van der Waals surface area contributed by atoms with Gasteiger partial charge in [0, 0.05) is 11.4 Å². The Balaban J connectivity index is 1.82. The molecule has 1 aliphatic heterocycles. The van der Waals surface area contributed by atoms with Crippen molar-refractivity contribution in [1.82, 2.24) is 0 Å². The summed E-state index contributed by atoms with van der Waals surface area (Å²) in [5.74, 6) is 0. The first kappa shape index (κ1) is 11.6. The SMILES string of the molecule is Nc1ccc(C2CN(c3ccccc3)C(=O)O2)cc1. The van der Waals surface area contributed by atoms with Crippen LogP contribution in [0.2, 0.25) is 0 Å². The molecule has 0 spiro atoms. The van der Waals surface area contributed by atoms with E-state index in [9.17, 15) is 4.79 Å². The molecule has 1 atom stereocenters. The van der Waals surface area contributed by atoms with Crippen molar-refractivity contribution in [3.05, 3.63) is 60.2 Å². The van der Waals surface area contributed by atoms with Crippen molar-refractivity contribution >= 4 is 17.5 Å². The van der Waals surface area contributed by atoms with Crippen molar-refractivity contribution in [2.75, 3.05) is 17.2 Å². The van der Waals surface area contributed by atoms with Gasteiger partial charge in [-0.05, 0) is 29.8 Å². The molecule has 2 N–H and O–H groups in total. The summed E-state index contributed by atoms with van der Waals surface area (Å²) in [6.07, 6.45) is -0.554. The van der Waals surface area contributed by atoms with E-state index in [1.54, 1.807) is 4.90 Å². The van der Waals surface area contributed by atoms with Gasteiger partial charge in [0.2, 0.25) is 0 Å². The van der Waals surface area contributed by atoms with Gasteiger partial charge in [0.25, 0.3) is 0 Å². The van der Waals surface area contributed by atoms with E-state index in [0.717, 1.165) is 11.3 Å². The highest BCUT2D eigenvalue weighted by molar-refractivity contribution is 5.89. The van der Waals surface area contributed by atoms with Crippen molar-refractivity contribution in [3.8, 4) is 0 Å². The number of cyclic esters (lactones) is 1. The molecule has 2 aromatic carbocycles. The fourth-order valence-electron chi connectivity index (χ4n) is 2.17. The Bertz CT molecular complexity index is 581. The molecule has 0 radical (unpaired) electrons.